The number of halogens is 2. The zero-order valence-electron chi connectivity index (χ0n) is 10.6. The first-order chi connectivity index (χ1) is 9.11. The third kappa shape index (κ3) is 3.33. The lowest BCUT2D eigenvalue weighted by Gasteiger charge is -2.15. The van der Waals surface area contributed by atoms with Crippen LogP contribution in [0.4, 0.5) is 4.39 Å². The first-order valence-corrected chi connectivity index (χ1v) is 6.84. The van der Waals surface area contributed by atoms with Crippen LogP contribution in [0.2, 0.25) is 0 Å². The monoisotopic (exact) mass is 323 g/mol. The highest BCUT2D eigenvalue weighted by Crippen LogP contribution is 2.29. The summed E-state index contributed by atoms with van der Waals surface area (Å²) in [4.78, 5) is 0. The normalized spacial score (nSPS) is 12.2. The van der Waals surface area contributed by atoms with Crippen LogP contribution in [0.3, 0.4) is 0 Å². The Balaban J connectivity index is 2.32. The average Bonchev–Trinajstić information content (AvgIpc) is 2.39. The van der Waals surface area contributed by atoms with Crippen LogP contribution >= 0.6 is 15.9 Å². The van der Waals surface area contributed by atoms with E-state index >= 15 is 0 Å². The molecule has 0 saturated carbocycles. The van der Waals surface area contributed by atoms with Crippen LogP contribution in [0.25, 0.3) is 0 Å². The molecule has 100 valence electrons. The Morgan fingerprint density at radius 2 is 2.05 bits per heavy atom. The number of ether oxygens (including phenoxy) is 1. The van der Waals surface area contributed by atoms with E-state index in [1.165, 1.54) is 12.1 Å². The molecule has 0 amide bonds. The van der Waals surface area contributed by atoms with Crippen LogP contribution in [-0.2, 0) is 0 Å². The summed E-state index contributed by atoms with van der Waals surface area (Å²) in [5.41, 5.74) is 8.00. The maximum absolute atomic E-state index is 13.1. The van der Waals surface area contributed by atoms with Gasteiger partial charge in [0.2, 0.25) is 0 Å². The van der Waals surface area contributed by atoms with Crippen LogP contribution in [0.15, 0.2) is 46.9 Å². The smallest absolute Gasteiger partial charge is 0.124 e. The minimum Gasteiger partial charge on any atom is -0.494 e. The molecule has 19 heavy (non-hydrogen) atoms. The quantitative estimate of drug-likeness (QED) is 0.921. The summed E-state index contributed by atoms with van der Waals surface area (Å²) in [6.07, 6.45) is 0. The SMILES string of the molecule is CCOc1cccc(C(N)c2ccc(F)cc2Br)c1. The lowest BCUT2D eigenvalue weighted by atomic mass is 9.99. The number of benzene rings is 2. The molecule has 1 unspecified atom stereocenters. The average molecular weight is 324 g/mol. The molecule has 0 spiro atoms. The molecule has 0 aliphatic rings. The van der Waals surface area contributed by atoms with Gasteiger partial charge in [-0.05, 0) is 42.3 Å². The summed E-state index contributed by atoms with van der Waals surface area (Å²) < 4.78 is 19.2. The predicted molar refractivity (Wildman–Crippen MR) is 77.7 cm³/mol. The molecule has 1 atom stereocenters. The van der Waals surface area contributed by atoms with Crippen molar-refractivity contribution >= 4 is 15.9 Å². The van der Waals surface area contributed by atoms with E-state index in [1.807, 2.05) is 31.2 Å². The van der Waals surface area contributed by atoms with Crippen molar-refractivity contribution in [3.8, 4) is 5.75 Å². The highest BCUT2D eigenvalue weighted by atomic mass is 79.9. The fourth-order valence-corrected chi connectivity index (χ4v) is 2.50. The van der Waals surface area contributed by atoms with E-state index in [4.69, 9.17) is 10.5 Å². The van der Waals surface area contributed by atoms with Crippen molar-refractivity contribution in [3.63, 3.8) is 0 Å². The fourth-order valence-electron chi connectivity index (χ4n) is 1.90. The Hall–Kier alpha value is -1.39. The third-order valence-corrected chi connectivity index (χ3v) is 3.51. The van der Waals surface area contributed by atoms with Crippen molar-refractivity contribution in [1.82, 2.24) is 0 Å². The molecule has 2 nitrogen and oxygen atoms in total. The molecule has 2 N–H and O–H groups in total. The van der Waals surface area contributed by atoms with Crippen LogP contribution in [0, 0.1) is 5.82 Å². The van der Waals surface area contributed by atoms with E-state index in [0.717, 1.165) is 16.9 Å². The Labute approximate surface area is 120 Å². The van der Waals surface area contributed by atoms with Crippen molar-refractivity contribution in [3.05, 3.63) is 63.9 Å². The maximum atomic E-state index is 13.1. The van der Waals surface area contributed by atoms with Gasteiger partial charge in [0.05, 0.1) is 12.6 Å². The standard InChI is InChI=1S/C15H15BrFNO/c1-2-19-12-5-3-4-10(8-12)15(18)13-7-6-11(17)9-14(13)16/h3-9,15H,2,18H2,1H3. The number of rotatable bonds is 4. The molecule has 0 aromatic heterocycles. The van der Waals surface area contributed by atoms with Crippen molar-refractivity contribution in [2.75, 3.05) is 6.61 Å². The summed E-state index contributed by atoms with van der Waals surface area (Å²) >= 11 is 3.34. The zero-order valence-corrected chi connectivity index (χ0v) is 12.2. The van der Waals surface area contributed by atoms with Gasteiger partial charge in [-0.2, -0.15) is 0 Å². The van der Waals surface area contributed by atoms with Gasteiger partial charge in [-0.1, -0.05) is 34.1 Å². The number of nitrogens with two attached hydrogens (primary N) is 1. The molecule has 0 fully saturated rings. The van der Waals surface area contributed by atoms with E-state index in [2.05, 4.69) is 15.9 Å². The van der Waals surface area contributed by atoms with Gasteiger partial charge in [-0.3, -0.25) is 0 Å². The van der Waals surface area contributed by atoms with E-state index in [-0.39, 0.29) is 11.9 Å². The number of hydrogen-bond donors (Lipinski definition) is 1. The van der Waals surface area contributed by atoms with E-state index < -0.39 is 0 Å². The molecular formula is C15H15BrFNO. The van der Waals surface area contributed by atoms with Gasteiger partial charge < -0.3 is 10.5 Å². The largest absolute Gasteiger partial charge is 0.494 e. The first-order valence-electron chi connectivity index (χ1n) is 6.05. The molecule has 0 radical (unpaired) electrons. The van der Waals surface area contributed by atoms with Crippen LogP contribution < -0.4 is 10.5 Å². The summed E-state index contributed by atoms with van der Waals surface area (Å²) in [5, 5.41) is 0. The van der Waals surface area contributed by atoms with Crippen molar-refractivity contribution in [2.24, 2.45) is 5.73 Å². The summed E-state index contributed by atoms with van der Waals surface area (Å²) in [6.45, 7) is 2.54. The van der Waals surface area contributed by atoms with E-state index in [9.17, 15) is 4.39 Å². The molecule has 0 heterocycles. The Morgan fingerprint density at radius 1 is 1.26 bits per heavy atom. The van der Waals surface area contributed by atoms with Crippen molar-refractivity contribution < 1.29 is 9.13 Å². The van der Waals surface area contributed by atoms with Gasteiger partial charge in [0.25, 0.3) is 0 Å². The van der Waals surface area contributed by atoms with Gasteiger partial charge in [0.15, 0.2) is 0 Å². The van der Waals surface area contributed by atoms with Gasteiger partial charge in [-0.15, -0.1) is 0 Å². The van der Waals surface area contributed by atoms with Gasteiger partial charge in [-0.25, -0.2) is 4.39 Å². The Bertz CT molecular complexity index is 574. The van der Waals surface area contributed by atoms with Crippen LogP contribution in [-0.4, -0.2) is 6.61 Å². The molecule has 2 aromatic carbocycles. The molecule has 0 saturated heterocycles. The Kier molecular flexibility index (Phi) is 4.56. The first kappa shape index (κ1) is 14.0. The molecular weight excluding hydrogens is 309 g/mol. The highest BCUT2D eigenvalue weighted by molar-refractivity contribution is 9.10. The van der Waals surface area contributed by atoms with Gasteiger partial charge >= 0.3 is 0 Å². The highest BCUT2D eigenvalue weighted by Gasteiger charge is 2.13. The molecule has 0 aliphatic carbocycles. The summed E-state index contributed by atoms with van der Waals surface area (Å²) in [6, 6.07) is 11.8. The topological polar surface area (TPSA) is 35.2 Å². The lowest BCUT2D eigenvalue weighted by Crippen LogP contribution is -2.12. The van der Waals surface area contributed by atoms with Gasteiger partial charge in [0.1, 0.15) is 11.6 Å². The lowest BCUT2D eigenvalue weighted by molar-refractivity contribution is 0.340. The maximum Gasteiger partial charge on any atom is 0.124 e. The zero-order chi connectivity index (χ0) is 13.8. The molecule has 2 rings (SSSR count). The second kappa shape index (κ2) is 6.17. The minimum absolute atomic E-state index is 0.286. The second-order valence-electron chi connectivity index (χ2n) is 4.15. The molecule has 0 aliphatic heterocycles. The molecule has 4 heteroatoms. The van der Waals surface area contributed by atoms with Gasteiger partial charge in [0, 0.05) is 4.47 Å². The summed E-state index contributed by atoms with van der Waals surface area (Å²) in [5.74, 6) is 0.500. The predicted octanol–water partition coefficient (Wildman–Crippen LogP) is 4.04. The fraction of sp³-hybridized carbons (Fsp3) is 0.200. The summed E-state index contributed by atoms with van der Waals surface area (Å²) in [7, 11) is 0. The van der Waals surface area contributed by atoms with Crippen LogP contribution in [0.1, 0.15) is 24.1 Å². The van der Waals surface area contributed by atoms with Crippen LogP contribution in [0.5, 0.6) is 5.75 Å². The molecule has 0 bridgehead atoms. The molecule has 2 aromatic rings. The minimum atomic E-state index is -0.324. The second-order valence-corrected chi connectivity index (χ2v) is 5.00. The Morgan fingerprint density at radius 3 is 2.74 bits per heavy atom. The number of hydrogen-bond acceptors (Lipinski definition) is 2. The third-order valence-electron chi connectivity index (χ3n) is 2.83. The van der Waals surface area contributed by atoms with Crippen molar-refractivity contribution in [1.29, 1.82) is 0 Å². The van der Waals surface area contributed by atoms with E-state index in [1.54, 1.807) is 6.07 Å². The van der Waals surface area contributed by atoms with Crippen molar-refractivity contribution in [2.45, 2.75) is 13.0 Å². The van der Waals surface area contributed by atoms with E-state index in [0.29, 0.717) is 11.1 Å².